The summed E-state index contributed by atoms with van der Waals surface area (Å²) in [7, 11) is -4.45. The fourth-order valence-electron chi connectivity index (χ4n) is 0.828. The molecule has 78 valence electrons. The summed E-state index contributed by atoms with van der Waals surface area (Å²) in [6, 6.07) is 2.40. The number of rotatable bonds is 3. The van der Waals surface area contributed by atoms with E-state index in [1.165, 1.54) is 0 Å². The van der Waals surface area contributed by atoms with Crippen LogP contribution in [0.2, 0.25) is 0 Å². The van der Waals surface area contributed by atoms with E-state index in [-0.39, 0.29) is 5.69 Å². The Morgan fingerprint density at radius 2 is 1.71 bits per heavy atom. The van der Waals surface area contributed by atoms with Gasteiger partial charge in [0.05, 0.1) is 0 Å². The summed E-state index contributed by atoms with van der Waals surface area (Å²) >= 11 is 0. The second-order valence-electron chi connectivity index (χ2n) is 2.54. The van der Waals surface area contributed by atoms with Crippen molar-refractivity contribution in [2.75, 3.05) is 11.2 Å². The molecule has 0 aliphatic rings. The predicted molar refractivity (Wildman–Crippen MR) is 44.5 cm³/mol. The van der Waals surface area contributed by atoms with Crippen LogP contribution >= 0.6 is 0 Å². The molecule has 0 atom stereocenters. The lowest BCUT2D eigenvalue weighted by atomic mass is 10.3. The van der Waals surface area contributed by atoms with Crippen LogP contribution < -0.4 is 5.32 Å². The molecule has 1 rings (SSSR count). The highest BCUT2D eigenvalue weighted by molar-refractivity contribution is 7.85. The molecule has 0 fully saturated rings. The van der Waals surface area contributed by atoms with E-state index in [9.17, 15) is 21.8 Å². The highest BCUT2D eigenvalue weighted by Gasteiger charge is 2.01. The minimum absolute atomic E-state index is 0.0954. The first-order valence-corrected chi connectivity index (χ1v) is 5.08. The van der Waals surface area contributed by atoms with Crippen LogP contribution in [0.4, 0.5) is 14.5 Å². The summed E-state index contributed by atoms with van der Waals surface area (Å²) in [4.78, 5) is 0. The fourth-order valence-corrected chi connectivity index (χ4v) is 1.17. The summed E-state index contributed by atoms with van der Waals surface area (Å²) in [5.74, 6) is -2.61. The average molecular weight is 222 g/mol. The van der Waals surface area contributed by atoms with Crippen LogP contribution in [0.3, 0.4) is 0 Å². The van der Waals surface area contributed by atoms with E-state index in [1.807, 2.05) is 0 Å². The minimum Gasteiger partial charge on any atom is -0.747 e. The van der Waals surface area contributed by atoms with Gasteiger partial charge in [0.1, 0.15) is 27.6 Å². The molecule has 0 aromatic heterocycles. The predicted octanol–water partition coefficient (Wildman–Crippen LogP) is 0.879. The standard InChI is InChI=1S/C7H7F2NO3S/c8-5-1-6(9)3-7(2-5)10-4-14(11,12)13/h1-3,10H,4H2,(H,11,12,13)/p-1. The largest absolute Gasteiger partial charge is 0.747 e. The van der Waals surface area contributed by atoms with Gasteiger partial charge in [0.15, 0.2) is 0 Å². The molecule has 0 amide bonds. The number of benzene rings is 1. The lowest BCUT2D eigenvalue weighted by Crippen LogP contribution is -2.13. The Balaban J connectivity index is 2.78. The van der Waals surface area contributed by atoms with Gasteiger partial charge in [-0.2, -0.15) is 0 Å². The molecule has 0 saturated heterocycles. The maximum atomic E-state index is 12.5. The zero-order valence-corrected chi connectivity index (χ0v) is 7.64. The molecule has 1 aromatic rings. The molecular weight excluding hydrogens is 216 g/mol. The third-order valence-corrected chi connectivity index (χ3v) is 1.81. The van der Waals surface area contributed by atoms with Gasteiger partial charge in [-0.3, -0.25) is 0 Å². The van der Waals surface area contributed by atoms with E-state index in [2.05, 4.69) is 5.32 Å². The van der Waals surface area contributed by atoms with Gasteiger partial charge in [0, 0.05) is 11.8 Å². The Labute approximate surface area is 79.3 Å². The summed E-state index contributed by atoms with van der Waals surface area (Å²) in [6.45, 7) is 0. The van der Waals surface area contributed by atoms with Gasteiger partial charge >= 0.3 is 0 Å². The molecule has 0 aliphatic heterocycles. The summed E-state index contributed by atoms with van der Waals surface area (Å²) in [6.07, 6.45) is 0. The zero-order chi connectivity index (χ0) is 10.8. The van der Waals surface area contributed by atoms with Crippen LogP contribution in [0, 0.1) is 11.6 Å². The van der Waals surface area contributed by atoms with Gasteiger partial charge in [0.25, 0.3) is 0 Å². The van der Waals surface area contributed by atoms with E-state index in [1.54, 1.807) is 0 Å². The smallest absolute Gasteiger partial charge is 0.128 e. The topological polar surface area (TPSA) is 69.2 Å². The van der Waals surface area contributed by atoms with Crippen LogP contribution in [0.5, 0.6) is 0 Å². The second-order valence-corrected chi connectivity index (χ2v) is 3.94. The maximum Gasteiger partial charge on any atom is 0.128 e. The molecule has 0 radical (unpaired) electrons. The maximum absolute atomic E-state index is 12.5. The molecular formula is C7H6F2NO3S-. The van der Waals surface area contributed by atoms with Crippen molar-refractivity contribution >= 4 is 15.8 Å². The van der Waals surface area contributed by atoms with Gasteiger partial charge in [0.2, 0.25) is 0 Å². The quantitative estimate of drug-likeness (QED) is 0.771. The fraction of sp³-hybridized carbons (Fsp3) is 0.143. The SMILES string of the molecule is O=S(=O)([O-])CNc1cc(F)cc(F)c1. The molecule has 0 aliphatic carbocycles. The van der Waals surface area contributed by atoms with Crippen LogP contribution in [0.1, 0.15) is 0 Å². The van der Waals surface area contributed by atoms with Crippen molar-refractivity contribution in [3.05, 3.63) is 29.8 Å². The van der Waals surface area contributed by atoms with E-state index in [4.69, 9.17) is 0 Å². The molecule has 0 unspecified atom stereocenters. The highest BCUT2D eigenvalue weighted by atomic mass is 32.2. The summed E-state index contributed by atoms with van der Waals surface area (Å²) in [5, 5.41) is 2.09. The second kappa shape index (κ2) is 3.89. The van der Waals surface area contributed by atoms with Crippen LogP contribution in [0.15, 0.2) is 18.2 Å². The first kappa shape index (κ1) is 10.9. The van der Waals surface area contributed by atoms with Gasteiger partial charge < -0.3 is 9.87 Å². The Kier molecular flexibility index (Phi) is 3.02. The van der Waals surface area contributed by atoms with Crippen molar-refractivity contribution in [1.82, 2.24) is 0 Å². The van der Waals surface area contributed by atoms with Crippen LogP contribution in [-0.2, 0) is 10.1 Å². The summed E-state index contributed by atoms with van der Waals surface area (Å²) < 4.78 is 55.6. The molecule has 4 nitrogen and oxygen atoms in total. The van der Waals surface area contributed by atoms with Gasteiger partial charge in [-0.05, 0) is 12.1 Å². The van der Waals surface area contributed by atoms with Crippen molar-refractivity contribution in [3.63, 3.8) is 0 Å². The average Bonchev–Trinajstić information content (AvgIpc) is 1.97. The first-order valence-electron chi connectivity index (χ1n) is 3.50. The highest BCUT2D eigenvalue weighted by Crippen LogP contribution is 2.12. The van der Waals surface area contributed by atoms with Crippen molar-refractivity contribution in [1.29, 1.82) is 0 Å². The van der Waals surface area contributed by atoms with Crippen molar-refractivity contribution in [2.24, 2.45) is 0 Å². The third kappa shape index (κ3) is 3.67. The molecule has 0 bridgehead atoms. The number of halogens is 2. The Hall–Kier alpha value is -1.21. The Bertz CT molecular complexity index is 412. The van der Waals surface area contributed by atoms with E-state index in [0.717, 1.165) is 12.1 Å². The number of anilines is 1. The molecule has 1 N–H and O–H groups in total. The third-order valence-electron chi connectivity index (χ3n) is 1.32. The van der Waals surface area contributed by atoms with E-state index >= 15 is 0 Å². The molecule has 0 spiro atoms. The van der Waals surface area contributed by atoms with Crippen molar-refractivity contribution in [3.8, 4) is 0 Å². The van der Waals surface area contributed by atoms with Crippen molar-refractivity contribution < 1.29 is 21.8 Å². The van der Waals surface area contributed by atoms with Gasteiger partial charge in [-0.25, -0.2) is 17.2 Å². The first-order chi connectivity index (χ1) is 6.37. The lowest BCUT2D eigenvalue weighted by Gasteiger charge is -2.09. The molecule has 0 heterocycles. The van der Waals surface area contributed by atoms with Gasteiger partial charge in [-0.1, -0.05) is 0 Å². The zero-order valence-electron chi connectivity index (χ0n) is 6.83. The van der Waals surface area contributed by atoms with Crippen LogP contribution in [0.25, 0.3) is 0 Å². The summed E-state index contributed by atoms with van der Waals surface area (Å²) in [5.41, 5.74) is -0.0954. The number of nitrogens with one attached hydrogen (secondary N) is 1. The minimum atomic E-state index is -4.45. The molecule has 14 heavy (non-hydrogen) atoms. The molecule has 1 aromatic carbocycles. The van der Waals surface area contributed by atoms with Crippen LogP contribution in [-0.4, -0.2) is 18.8 Å². The monoisotopic (exact) mass is 222 g/mol. The molecule has 7 heteroatoms. The van der Waals surface area contributed by atoms with E-state index < -0.39 is 27.6 Å². The van der Waals surface area contributed by atoms with E-state index in [0.29, 0.717) is 6.07 Å². The van der Waals surface area contributed by atoms with Gasteiger partial charge in [-0.15, -0.1) is 0 Å². The lowest BCUT2D eigenvalue weighted by molar-refractivity contribution is 0.465. The normalized spacial score (nSPS) is 11.4. The number of hydrogen-bond donors (Lipinski definition) is 1. The number of hydrogen-bond acceptors (Lipinski definition) is 4. The molecule has 0 saturated carbocycles. The Morgan fingerprint density at radius 3 is 2.14 bits per heavy atom. The Morgan fingerprint density at radius 1 is 1.21 bits per heavy atom. The van der Waals surface area contributed by atoms with Crippen molar-refractivity contribution in [2.45, 2.75) is 0 Å².